The van der Waals surface area contributed by atoms with Gasteiger partial charge in [0.2, 0.25) is 5.78 Å². The van der Waals surface area contributed by atoms with Crippen LogP contribution in [0.15, 0.2) is 68.6 Å². The molecule has 0 saturated carbocycles. The number of amides is 1. The van der Waals surface area contributed by atoms with E-state index >= 15 is 0 Å². The molecule has 22 heavy (non-hydrogen) atoms. The largest absolute Gasteiger partial charge is 0.287 e. The topological polar surface area (TPSA) is 46.5 Å². The van der Waals surface area contributed by atoms with E-state index in [1.54, 1.807) is 6.07 Å². The standard InChI is InChI=1S/C17H9Br2NO2/c18-14-8-13(9-15(19)16(14)21)20-17(22)12-6-5-10-3-1-2-4-11(10)7-12/h1-9H. The fourth-order valence-electron chi connectivity index (χ4n) is 2.12. The summed E-state index contributed by atoms with van der Waals surface area (Å²) in [5, 5.41) is 2.06. The first-order valence-electron chi connectivity index (χ1n) is 6.45. The molecule has 0 radical (unpaired) electrons. The number of Topliss-reactive ketones (excluding diaryl/α,β-unsaturated/α-hetero) is 1. The molecule has 2 aromatic rings. The summed E-state index contributed by atoms with van der Waals surface area (Å²) in [5.74, 6) is -0.514. The van der Waals surface area contributed by atoms with Crippen LogP contribution in [-0.2, 0) is 4.79 Å². The van der Waals surface area contributed by atoms with Crippen molar-refractivity contribution in [1.82, 2.24) is 0 Å². The van der Waals surface area contributed by atoms with Crippen LogP contribution in [0.3, 0.4) is 0 Å². The molecule has 0 fully saturated rings. The summed E-state index contributed by atoms with van der Waals surface area (Å²) in [7, 11) is 0. The maximum atomic E-state index is 12.3. The van der Waals surface area contributed by atoms with E-state index in [1.807, 2.05) is 36.4 Å². The highest BCUT2D eigenvalue weighted by Gasteiger charge is 2.17. The van der Waals surface area contributed by atoms with E-state index in [0.29, 0.717) is 20.2 Å². The highest BCUT2D eigenvalue weighted by molar-refractivity contribution is 9.13. The summed E-state index contributed by atoms with van der Waals surface area (Å²) < 4.78 is 0.735. The minimum atomic E-state index is -0.344. The van der Waals surface area contributed by atoms with Gasteiger partial charge < -0.3 is 0 Å². The first-order valence-corrected chi connectivity index (χ1v) is 8.04. The van der Waals surface area contributed by atoms with Crippen LogP contribution in [0.1, 0.15) is 10.4 Å². The number of allylic oxidation sites excluding steroid dienone is 4. The van der Waals surface area contributed by atoms with Crippen LogP contribution in [0.25, 0.3) is 10.8 Å². The van der Waals surface area contributed by atoms with Crippen molar-refractivity contribution in [3.05, 3.63) is 69.1 Å². The third-order valence-electron chi connectivity index (χ3n) is 3.21. The summed E-state index contributed by atoms with van der Waals surface area (Å²) in [6, 6.07) is 13.3. The molecule has 0 unspecified atom stereocenters. The summed E-state index contributed by atoms with van der Waals surface area (Å²) in [6.07, 6.45) is 3.07. The average molecular weight is 419 g/mol. The summed E-state index contributed by atoms with van der Waals surface area (Å²) >= 11 is 6.32. The van der Waals surface area contributed by atoms with E-state index in [-0.39, 0.29) is 11.7 Å². The van der Waals surface area contributed by atoms with Gasteiger partial charge >= 0.3 is 0 Å². The van der Waals surface area contributed by atoms with Crippen LogP contribution in [-0.4, -0.2) is 17.4 Å². The highest BCUT2D eigenvalue weighted by Crippen LogP contribution is 2.23. The molecule has 3 nitrogen and oxygen atoms in total. The van der Waals surface area contributed by atoms with E-state index in [1.165, 1.54) is 12.2 Å². The number of carbonyl (C=O) groups is 2. The Morgan fingerprint density at radius 1 is 0.909 bits per heavy atom. The zero-order valence-electron chi connectivity index (χ0n) is 11.2. The first kappa shape index (κ1) is 15.1. The van der Waals surface area contributed by atoms with Crippen molar-refractivity contribution in [2.45, 2.75) is 0 Å². The molecule has 1 aliphatic carbocycles. The second-order valence-corrected chi connectivity index (χ2v) is 6.43. The summed E-state index contributed by atoms with van der Waals surface area (Å²) in [6.45, 7) is 0. The molecular weight excluding hydrogens is 410 g/mol. The molecule has 0 atom stereocenters. The summed E-state index contributed by atoms with van der Waals surface area (Å²) in [4.78, 5) is 28.0. The van der Waals surface area contributed by atoms with Gasteiger partial charge in [-0.05, 0) is 66.9 Å². The molecule has 0 spiro atoms. The second kappa shape index (κ2) is 6.10. The van der Waals surface area contributed by atoms with E-state index in [4.69, 9.17) is 0 Å². The van der Waals surface area contributed by atoms with Gasteiger partial charge in [0.15, 0.2) is 0 Å². The average Bonchev–Trinajstić information content (AvgIpc) is 2.52. The molecular formula is C17H9Br2NO2. The van der Waals surface area contributed by atoms with Crippen LogP contribution >= 0.6 is 31.9 Å². The minimum Gasteiger partial charge on any atom is -0.287 e. The number of aliphatic imine (C=N–C) groups is 1. The Balaban J connectivity index is 1.96. The Morgan fingerprint density at radius 3 is 2.23 bits per heavy atom. The minimum absolute atomic E-state index is 0.169. The van der Waals surface area contributed by atoms with Crippen molar-refractivity contribution in [2.75, 3.05) is 0 Å². The van der Waals surface area contributed by atoms with Crippen LogP contribution in [0.2, 0.25) is 0 Å². The number of hydrogen-bond donors (Lipinski definition) is 0. The number of benzene rings is 2. The maximum absolute atomic E-state index is 12.3. The number of fused-ring (bicyclic) bond motifs is 1. The zero-order chi connectivity index (χ0) is 15.7. The van der Waals surface area contributed by atoms with E-state index in [9.17, 15) is 9.59 Å². The van der Waals surface area contributed by atoms with Gasteiger partial charge in [-0.2, -0.15) is 0 Å². The highest BCUT2D eigenvalue weighted by atomic mass is 79.9. The van der Waals surface area contributed by atoms with E-state index in [2.05, 4.69) is 36.9 Å². The Labute approximate surface area is 143 Å². The van der Waals surface area contributed by atoms with Crippen LogP contribution in [0.5, 0.6) is 0 Å². The summed E-state index contributed by atoms with van der Waals surface area (Å²) in [5.41, 5.74) is 0.939. The van der Waals surface area contributed by atoms with Gasteiger partial charge in [-0.15, -0.1) is 0 Å². The maximum Gasteiger partial charge on any atom is 0.277 e. The van der Waals surface area contributed by atoms with Crippen molar-refractivity contribution < 1.29 is 9.59 Å². The number of rotatable bonds is 1. The van der Waals surface area contributed by atoms with Crippen molar-refractivity contribution in [3.8, 4) is 0 Å². The van der Waals surface area contributed by atoms with Gasteiger partial charge in [-0.25, -0.2) is 4.99 Å². The first-order chi connectivity index (χ1) is 10.5. The van der Waals surface area contributed by atoms with E-state index in [0.717, 1.165) is 10.8 Å². The fourth-order valence-corrected chi connectivity index (χ4v) is 3.28. The third-order valence-corrected chi connectivity index (χ3v) is 4.39. The van der Waals surface area contributed by atoms with Crippen molar-refractivity contribution in [2.24, 2.45) is 4.99 Å². The quantitative estimate of drug-likeness (QED) is 0.637. The van der Waals surface area contributed by atoms with Gasteiger partial charge in [0.1, 0.15) is 0 Å². The molecule has 0 aromatic heterocycles. The fraction of sp³-hybridized carbons (Fsp3) is 0. The SMILES string of the molecule is O=C1C(Br)=CC(=NC(=O)c2ccc3ccccc3c2)C=C1Br. The Bertz CT molecular complexity index is 870. The van der Waals surface area contributed by atoms with Gasteiger partial charge in [-0.1, -0.05) is 30.3 Å². The Kier molecular flexibility index (Phi) is 4.18. The van der Waals surface area contributed by atoms with Crippen LogP contribution in [0, 0.1) is 0 Å². The number of ketones is 1. The predicted octanol–water partition coefficient (Wildman–Crippen LogP) is 4.56. The lowest BCUT2D eigenvalue weighted by Gasteiger charge is -2.06. The smallest absolute Gasteiger partial charge is 0.277 e. The van der Waals surface area contributed by atoms with Gasteiger partial charge in [0.05, 0.1) is 14.7 Å². The number of hydrogen-bond acceptors (Lipinski definition) is 2. The predicted molar refractivity (Wildman–Crippen MR) is 94.7 cm³/mol. The molecule has 5 heteroatoms. The second-order valence-electron chi connectivity index (χ2n) is 4.72. The molecule has 3 rings (SSSR count). The van der Waals surface area contributed by atoms with Gasteiger partial charge in [0, 0.05) is 5.56 Å². The molecule has 0 N–H and O–H groups in total. The molecule has 108 valence electrons. The molecule has 0 saturated heterocycles. The molecule has 0 heterocycles. The van der Waals surface area contributed by atoms with Crippen molar-refractivity contribution in [1.29, 1.82) is 0 Å². The molecule has 1 amide bonds. The normalized spacial score (nSPS) is 14.6. The molecule has 1 aliphatic rings. The molecule has 0 bridgehead atoms. The lowest BCUT2D eigenvalue weighted by molar-refractivity contribution is -0.110. The monoisotopic (exact) mass is 417 g/mol. The van der Waals surface area contributed by atoms with E-state index < -0.39 is 0 Å². The van der Waals surface area contributed by atoms with Crippen molar-refractivity contribution >= 4 is 60.0 Å². The third kappa shape index (κ3) is 3.00. The van der Waals surface area contributed by atoms with Gasteiger partial charge in [0.25, 0.3) is 5.91 Å². The molecule has 2 aromatic carbocycles. The Hall–Kier alpha value is -1.85. The molecule has 0 aliphatic heterocycles. The van der Waals surface area contributed by atoms with Gasteiger partial charge in [-0.3, -0.25) is 9.59 Å². The van der Waals surface area contributed by atoms with Crippen LogP contribution < -0.4 is 0 Å². The number of carbonyl (C=O) groups excluding carboxylic acids is 2. The number of halogens is 2. The lowest BCUT2D eigenvalue weighted by atomic mass is 10.1. The lowest BCUT2D eigenvalue weighted by Crippen LogP contribution is -2.09. The Morgan fingerprint density at radius 2 is 1.55 bits per heavy atom. The number of nitrogens with zero attached hydrogens (tertiary/aromatic N) is 1. The van der Waals surface area contributed by atoms with Crippen molar-refractivity contribution in [3.63, 3.8) is 0 Å². The zero-order valence-corrected chi connectivity index (χ0v) is 14.4. The van der Waals surface area contributed by atoms with Crippen LogP contribution in [0.4, 0.5) is 0 Å².